The summed E-state index contributed by atoms with van der Waals surface area (Å²) in [5.41, 5.74) is 0.549. The summed E-state index contributed by atoms with van der Waals surface area (Å²) in [5, 5.41) is 0.235. The van der Waals surface area contributed by atoms with Gasteiger partial charge in [0.2, 0.25) is 0 Å². The Bertz CT molecular complexity index is 828. The minimum Gasteiger partial charge on any atom is -0.465 e. The number of benzene rings is 2. The molecule has 0 atom stereocenters. The number of methoxy groups -OCH3 is 1. The first-order valence-corrected chi connectivity index (χ1v) is 7.26. The van der Waals surface area contributed by atoms with Crippen LogP contribution >= 0.6 is 23.2 Å². The molecule has 1 aliphatic rings. The van der Waals surface area contributed by atoms with Gasteiger partial charge in [0, 0.05) is 0 Å². The minimum absolute atomic E-state index is 0.0172. The minimum atomic E-state index is -0.727. The third-order valence-corrected chi connectivity index (χ3v) is 4.20. The van der Waals surface area contributed by atoms with Gasteiger partial charge in [-0.2, -0.15) is 0 Å². The Balaban J connectivity index is 2.20. The van der Waals surface area contributed by atoms with E-state index in [9.17, 15) is 14.4 Å². The maximum atomic E-state index is 12.5. The number of carbonyl (C=O) groups is 3. The van der Waals surface area contributed by atoms with E-state index in [0.29, 0.717) is 0 Å². The molecule has 0 saturated carbocycles. The highest BCUT2D eigenvalue weighted by Gasteiger charge is 2.38. The van der Waals surface area contributed by atoms with Crippen molar-refractivity contribution in [2.24, 2.45) is 0 Å². The summed E-state index contributed by atoms with van der Waals surface area (Å²) >= 11 is 11.9. The van der Waals surface area contributed by atoms with E-state index in [0.717, 1.165) is 4.90 Å². The van der Waals surface area contributed by atoms with Gasteiger partial charge in [0.25, 0.3) is 11.8 Å². The van der Waals surface area contributed by atoms with E-state index in [-0.39, 0.29) is 32.4 Å². The van der Waals surface area contributed by atoms with Crippen molar-refractivity contribution in [1.82, 2.24) is 0 Å². The topological polar surface area (TPSA) is 63.7 Å². The number of ether oxygens (including phenoxy) is 1. The number of halogens is 2. The van der Waals surface area contributed by atoms with Crippen molar-refractivity contribution in [3.8, 4) is 0 Å². The number of nitrogens with zero attached hydrogens (tertiary/aromatic N) is 1. The summed E-state index contributed by atoms with van der Waals surface area (Å²) in [5.74, 6) is -1.79. The van der Waals surface area contributed by atoms with E-state index in [1.54, 1.807) is 24.3 Å². The summed E-state index contributed by atoms with van der Waals surface area (Å²) in [6.07, 6.45) is 0. The molecular formula is C16H9Cl2NO4. The van der Waals surface area contributed by atoms with Gasteiger partial charge >= 0.3 is 5.97 Å². The van der Waals surface area contributed by atoms with Crippen LogP contribution in [0, 0.1) is 0 Å². The Labute approximate surface area is 141 Å². The Morgan fingerprint density at radius 1 is 1.00 bits per heavy atom. The number of imide groups is 1. The number of fused-ring (bicyclic) bond motifs is 1. The average molecular weight is 350 g/mol. The van der Waals surface area contributed by atoms with Crippen LogP contribution in [0.25, 0.3) is 0 Å². The third-order valence-electron chi connectivity index (χ3n) is 3.48. The number of esters is 1. The van der Waals surface area contributed by atoms with Crippen LogP contribution in [0.3, 0.4) is 0 Å². The van der Waals surface area contributed by atoms with Crippen molar-refractivity contribution in [2.45, 2.75) is 0 Å². The summed E-state index contributed by atoms with van der Waals surface area (Å²) in [4.78, 5) is 38.0. The van der Waals surface area contributed by atoms with E-state index >= 15 is 0 Å². The van der Waals surface area contributed by atoms with Crippen molar-refractivity contribution in [3.63, 3.8) is 0 Å². The molecule has 5 nitrogen and oxygen atoms in total. The van der Waals surface area contributed by atoms with Gasteiger partial charge in [0.1, 0.15) is 0 Å². The summed E-state index contributed by atoms with van der Waals surface area (Å²) in [7, 11) is 1.19. The molecule has 0 unspecified atom stereocenters. The smallest absolute Gasteiger partial charge is 0.340 e. The average Bonchev–Trinajstić information content (AvgIpc) is 2.81. The quantitative estimate of drug-likeness (QED) is 0.614. The highest BCUT2D eigenvalue weighted by atomic mass is 35.5. The molecule has 0 aromatic heterocycles. The van der Waals surface area contributed by atoms with Crippen LogP contribution in [0.4, 0.5) is 5.69 Å². The van der Waals surface area contributed by atoms with Gasteiger partial charge in [-0.05, 0) is 24.3 Å². The molecule has 0 aliphatic carbocycles. The summed E-state index contributed by atoms with van der Waals surface area (Å²) < 4.78 is 4.69. The van der Waals surface area contributed by atoms with Gasteiger partial charge in [-0.3, -0.25) is 9.59 Å². The first-order chi connectivity index (χ1) is 11.0. The van der Waals surface area contributed by atoms with E-state index < -0.39 is 17.8 Å². The van der Waals surface area contributed by atoms with Crippen molar-refractivity contribution >= 4 is 46.7 Å². The molecule has 0 N–H and O–H groups in total. The lowest BCUT2D eigenvalue weighted by Crippen LogP contribution is -2.31. The van der Waals surface area contributed by atoms with Crippen LogP contribution < -0.4 is 4.90 Å². The van der Waals surface area contributed by atoms with Crippen LogP contribution in [-0.4, -0.2) is 24.9 Å². The zero-order valence-electron chi connectivity index (χ0n) is 11.8. The molecule has 116 valence electrons. The highest BCUT2D eigenvalue weighted by molar-refractivity contribution is 6.43. The molecule has 2 amide bonds. The molecule has 0 radical (unpaired) electrons. The van der Waals surface area contributed by atoms with Crippen molar-refractivity contribution < 1.29 is 19.1 Å². The van der Waals surface area contributed by atoms with Gasteiger partial charge in [-0.25, -0.2) is 9.69 Å². The second kappa shape index (κ2) is 5.68. The Hall–Kier alpha value is -2.37. The van der Waals surface area contributed by atoms with E-state index in [1.165, 1.54) is 19.2 Å². The molecular weight excluding hydrogens is 341 g/mol. The van der Waals surface area contributed by atoms with Gasteiger partial charge in [-0.1, -0.05) is 35.3 Å². The molecule has 23 heavy (non-hydrogen) atoms. The molecule has 0 fully saturated rings. The monoisotopic (exact) mass is 349 g/mol. The highest BCUT2D eigenvalue weighted by Crippen LogP contribution is 2.36. The number of hydrogen-bond acceptors (Lipinski definition) is 4. The zero-order valence-corrected chi connectivity index (χ0v) is 13.3. The van der Waals surface area contributed by atoms with Gasteiger partial charge in [-0.15, -0.1) is 0 Å². The van der Waals surface area contributed by atoms with E-state index in [1.807, 2.05) is 0 Å². The van der Waals surface area contributed by atoms with Crippen LogP contribution in [0.2, 0.25) is 10.0 Å². The number of carbonyl (C=O) groups excluding carboxylic acids is 3. The molecule has 0 saturated heterocycles. The zero-order chi connectivity index (χ0) is 16.7. The molecule has 1 aliphatic heterocycles. The second-order valence-electron chi connectivity index (χ2n) is 4.77. The Morgan fingerprint density at radius 3 is 2.04 bits per heavy atom. The summed E-state index contributed by atoms with van der Waals surface area (Å²) in [6, 6.07) is 8.98. The van der Waals surface area contributed by atoms with Crippen molar-refractivity contribution in [1.29, 1.82) is 0 Å². The molecule has 0 spiro atoms. The molecule has 2 aromatic carbocycles. The molecule has 1 heterocycles. The lowest BCUT2D eigenvalue weighted by Gasteiger charge is -2.18. The van der Waals surface area contributed by atoms with Crippen LogP contribution in [0.15, 0.2) is 36.4 Å². The number of amides is 2. The molecule has 3 rings (SSSR count). The Morgan fingerprint density at radius 2 is 1.52 bits per heavy atom. The van der Waals surface area contributed by atoms with Crippen molar-refractivity contribution in [2.75, 3.05) is 12.0 Å². The first kappa shape index (κ1) is 15.5. The number of rotatable bonds is 2. The predicted molar refractivity (Wildman–Crippen MR) is 85.4 cm³/mol. The van der Waals surface area contributed by atoms with E-state index in [2.05, 4.69) is 4.74 Å². The fraction of sp³-hybridized carbons (Fsp3) is 0.0625. The van der Waals surface area contributed by atoms with Gasteiger partial charge < -0.3 is 4.74 Å². The fourth-order valence-electron chi connectivity index (χ4n) is 2.40. The first-order valence-electron chi connectivity index (χ1n) is 6.51. The molecule has 7 heteroatoms. The van der Waals surface area contributed by atoms with E-state index in [4.69, 9.17) is 23.2 Å². The molecule has 0 bridgehead atoms. The maximum absolute atomic E-state index is 12.5. The van der Waals surface area contributed by atoms with Gasteiger partial charge in [0.15, 0.2) is 0 Å². The second-order valence-corrected chi connectivity index (χ2v) is 5.58. The lowest BCUT2D eigenvalue weighted by atomic mass is 10.1. The molecule has 2 aromatic rings. The lowest BCUT2D eigenvalue weighted by molar-refractivity contribution is 0.0601. The third kappa shape index (κ3) is 2.38. The van der Waals surface area contributed by atoms with Crippen molar-refractivity contribution in [3.05, 3.63) is 63.1 Å². The standard InChI is InChI=1S/C16H9Cl2NO4/c1-23-16(22)10-6-11(17)12(18)7-13(10)19-14(20)8-4-2-3-5-9(8)15(19)21/h2-7H,1H3. The van der Waals surface area contributed by atoms with Crippen LogP contribution in [0.5, 0.6) is 0 Å². The number of anilines is 1. The summed E-state index contributed by atoms with van der Waals surface area (Å²) in [6.45, 7) is 0. The van der Waals surface area contributed by atoms with Gasteiger partial charge in [0.05, 0.1) is 39.5 Å². The normalized spacial score (nSPS) is 13.3. The predicted octanol–water partition coefficient (Wildman–Crippen LogP) is 3.58. The fourth-order valence-corrected chi connectivity index (χ4v) is 2.72. The van der Waals surface area contributed by atoms with Crippen LogP contribution in [0.1, 0.15) is 31.1 Å². The maximum Gasteiger partial charge on any atom is 0.340 e. The van der Waals surface area contributed by atoms with Crippen LogP contribution in [-0.2, 0) is 4.74 Å². The largest absolute Gasteiger partial charge is 0.465 e. The number of hydrogen-bond donors (Lipinski definition) is 0. The SMILES string of the molecule is COC(=O)c1cc(Cl)c(Cl)cc1N1C(=O)c2ccccc2C1=O. The Kier molecular flexibility index (Phi) is 3.83.